The fourth-order valence-electron chi connectivity index (χ4n) is 2.47. The number of hydrogen-bond acceptors (Lipinski definition) is 3. The van der Waals surface area contributed by atoms with E-state index < -0.39 is 0 Å². The Morgan fingerprint density at radius 2 is 2.00 bits per heavy atom. The van der Waals surface area contributed by atoms with Gasteiger partial charge in [-0.1, -0.05) is 24.3 Å². The summed E-state index contributed by atoms with van der Waals surface area (Å²) in [5.41, 5.74) is 2.69. The number of benzene rings is 1. The van der Waals surface area contributed by atoms with Crippen molar-refractivity contribution < 1.29 is 9.18 Å². The number of hydrogen-bond donors (Lipinski definition) is 1. The van der Waals surface area contributed by atoms with Crippen LogP contribution in [0.3, 0.4) is 0 Å². The van der Waals surface area contributed by atoms with Crippen molar-refractivity contribution in [3.8, 4) is 10.6 Å². The van der Waals surface area contributed by atoms with E-state index >= 15 is 0 Å². The van der Waals surface area contributed by atoms with E-state index in [-0.39, 0.29) is 11.7 Å². The number of nitrogens with zero attached hydrogens (tertiary/aromatic N) is 1. The van der Waals surface area contributed by atoms with E-state index in [1.54, 1.807) is 35.6 Å². The summed E-state index contributed by atoms with van der Waals surface area (Å²) in [7, 11) is 0. The summed E-state index contributed by atoms with van der Waals surface area (Å²) < 4.78 is 13.6. The number of aromatic nitrogens is 1. The lowest BCUT2D eigenvalue weighted by Gasteiger charge is -2.09. The fraction of sp³-hybridized carbons (Fsp3) is 0.158. The van der Waals surface area contributed by atoms with E-state index in [9.17, 15) is 9.18 Å². The first-order valence-electron chi connectivity index (χ1n) is 7.68. The van der Waals surface area contributed by atoms with Gasteiger partial charge in [0.05, 0.1) is 21.8 Å². The van der Waals surface area contributed by atoms with Gasteiger partial charge >= 0.3 is 0 Å². The van der Waals surface area contributed by atoms with Crippen molar-refractivity contribution in [3.05, 3.63) is 76.5 Å². The molecule has 24 heavy (non-hydrogen) atoms. The Bertz CT molecular complexity index is 846. The molecule has 1 N–H and O–H groups in total. The van der Waals surface area contributed by atoms with E-state index in [1.807, 2.05) is 30.5 Å². The lowest BCUT2D eigenvalue weighted by molar-refractivity contribution is 0.0953. The Labute approximate surface area is 144 Å². The smallest absolute Gasteiger partial charge is 0.253 e. The predicted octanol–water partition coefficient (Wildman–Crippen LogP) is 4.23. The van der Waals surface area contributed by atoms with Gasteiger partial charge < -0.3 is 5.32 Å². The largest absolute Gasteiger partial charge is 0.352 e. The number of rotatable bonds is 5. The van der Waals surface area contributed by atoms with Crippen molar-refractivity contribution in [2.24, 2.45) is 0 Å². The van der Waals surface area contributed by atoms with Gasteiger partial charge in [0, 0.05) is 6.54 Å². The number of amides is 1. The first-order chi connectivity index (χ1) is 11.6. The zero-order valence-corrected chi connectivity index (χ0v) is 14.1. The summed E-state index contributed by atoms with van der Waals surface area (Å²) >= 11 is 1.61. The topological polar surface area (TPSA) is 42.0 Å². The molecule has 0 unspecified atom stereocenters. The molecule has 1 amide bonds. The number of pyridine rings is 1. The number of aryl methyl sites for hydroxylation is 1. The number of halogens is 1. The summed E-state index contributed by atoms with van der Waals surface area (Å²) in [4.78, 5) is 17.9. The Morgan fingerprint density at radius 3 is 2.71 bits per heavy atom. The van der Waals surface area contributed by atoms with Crippen molar-refractivity contribution in [2.75, 3.05) is 6.54 Å². The molecular weight excluding hydrogens is 323 g/mol. The summed E-state index contributed by atoms with van der Waals surface area (Å²) in [6, 6.07) is 14.2. The molecule has 0 fully saturated rings. The molecule has 3 nitrogen and oxygen atoms in total. The average molecular weight is 340 g/mol. The SMILES string of the molecule is Cc1nc(-c2cccs2)ccc1C(=O)NCCc1ccccc1F. The van der Waals surface area contributed by atoms with Crippen LogP contribution in [0, 0.1) is 12.7 Å². The Kier molecular flexibility index (Phi) is 5.01. The van der Waals surface area contributed by atoms with Crippen LogP contribution in [-0.4, -0.2) is 17.4 Å². The van der Waals surface area contributed by atoms with E-state index in [1.165, 1.54) is 6.07 Å². The minimum atomic E-state index is -0.245. The first-order valence-corrected chi connectivity index (χ1v) is 8.56. The van der Waals surface area contributed by atoms with Crippen LogP contribution in [0.5, 0.6) is 0 Å². The molecule has 122 valence electrons. The van der Waals surface area contributed by atoms with Crippen LogP contribution in [0.4, 0.5) is 4.39 Å². The highest BCUT2D eigenvalue weighted by Crippen LogP contribution is 2.23. The number of nitrogens with one attached hydrogen (secondary N) is 1. The minimum absolute atomic E-state index is 0.186. The molecule has 5 heteroatoms. The van der Waals surface area contributed by atoms with Crippen LogP contribution < -0.4 is 5.32 Å². The molecule has 0 aliphatic heterocycles. The van der Waals surface area contributed by atoms with Crippen LogP contribution in [0.15, 0.2) is 53.9 Å². The van der Waals surface area contributed by atoms with E-state index in [0.29, 0.717) is 29.8 Å². The molecular formula is C19H17FN2OS. The number of thiophene rings is 1. The quantitative estimate of drug-likeness (QED) is 0.755. The maximum atomic E-state index is 13.6. The lowest BCUT2D eigenvalue weighted by atomic mass is 10.1. The van der Waals surface area contributed by atoms with Gasteiger partial charge in [0.1, 0.15) is 5.82 Å². The van der Waals surface area contributed by atoms with Crippen LogP contribution in [-0.2, 0) is 6.42 Å². The Morgan fingerprint density at radius 1 is 1.17 bits per heavy atom. The second-order valence-corrected chi connectivity index (χ2v) is 6.35. The van der Waals surface area contributed by atoms with Gasteiger partial charge in [-0.05, 0) is 48.6 Å². The molecule has 2 aromatic heterocycles. The minimum Gasteiger partial charge on any atom is -0.352 e. The van der Waals surface area contributed by atoms with E-state index in [0.717, 1.165) is 10.6 Å². The maximum Gasteiger partial charge on any atom is 0.253 e. The Hall–Kier alpha value is -2.53. The average Bonchev–Trinajstić information content (AvgIpc) is 3.11. The second kappa shape index (κ2) is 7.36. The predicted molar refractivity (Wildman–Crippen MR) is 94.7 cm³/mol. The zero-order valence-electron chi connectivity index (χ0n) is 13.3. The molecule has 1 aromatic carbocycles. The molecule has 0 saturated heterocycles. The van der Waals surface area contributed by atoms with Gasteiger partial charge in [-0.3, -0.25) is 9.78 Å². The Balaban J connectivity index is 1.64. The van der Waals surface area contributed by atoms with Gasteiger partial charge in [-0.15, -0.1) is 11.3 Å². The lowest BCUT2D eigenvalue weighted by Crippen LogP contribution is -2.26. The summed E-state index contributed by atoms with van der Waals surface area (Å²) in [6.07, 6.45) is 0.457. The monoisotopic (exact) mass is 340 g/mol. The third-order valence-corrected chi connectivity index (χ3v) is 4.63. The molecule has 2 heterocycles. The van der Waals surface area contributed by atoms with Crippen LogP contribution in [0.1, 0.15) is 21.6 Å². The number of carbonyl (C=O) groups excluding carboxylic acids is 1. The van der Waals surface area contributed by atoms with Gasteiger partial charge in [-0.2, -0.15) is 0 Å². The maximum absolute atomic E-state index is 13.6. The summed E-state index contributed by atoms with van der Waals surface area (Å²) in [5.74, 6) is -0.432. The van der Waals surface area contributed by atoms with Gasteiger partial charge in [-0.25, -0.2) is 4.39 Å². The van der Waals surface area contributed by atoms with Crippen molar-refractivity contribution in [1.29, 1.82) is 0 Å². The van der Waals surface area contributed by atoms with Crippen molar-refractivity contribution >= 4 is 17.2 Å². The molecule has 0 radical (unpaired) electrons. The van der Waals surface area contributed by atoms with Gasteiger partial charge in [0.15, 0.2) is 0 Å². The summed E-state index contributed by atoms with van der Waals surface area (Å²) in [6.45, 7) is 2.20. The standard InChI is InChI=1S/C19H17FN2OS/c1-13-15(8-9-17(22-13)18-7-4-12-24-18)19(23)21-11-10-14-5-2-3-6-16(14)20/h2-9,12H,10-11H2,1H3,(H,21,23). The van der Waals surface area contributed by atoms with Crippen molar-refractivity contribution in [1.82, 2.24) is 10.3 Å². The zero-order chi connectivity index (χ0) is 16.9. The molecule has 0 aliphatic carbocycles. The van der Waals surface area contributed by atoms with Crippen molar-refractivity contribution in [2.45, 2.75) is 13.3 Å². The molecule has 0 atom stereocenters. The van der Waals surface area contributed by atoms with E-state index in [4.69, 9.17) is 0 Å². The number of carbonyl (C=O) groups is 1. The highest BCUT2D eigenvalue weighted by molar-refractivity contribution is 7.13. The highest BCUT2D eigenvalue weighted by atomic mass is 32.1. The van der Waals surface area contributed by atoms with Crippen LogP contribution >= 0.6 is 11.3 Å². The normalized spacial score (nSPS) is 10.6. The third-order valence-electron chi connectivity index (χ3n) is 3.74. The molecule has 0 bridgehead atoms. The molecule has 0 spiro atoms. The molecule has 3 aromatic rings. The third kappa shape index (κ3) is 3.68. The van der Waals surface area contributed by atoms with Crippen LogP contribution in [0.25, 0.3) is 10.6 Å². The van der Waals surface area contributed by atoms with Crippen LogP contribution in [0.2, 0.25) is 0 Å². The van der Waals surface area contributed by atoms with E-state index in [2.05, 4.69) is 10.3 Å². The fourth-order valence-corrected chi connectivity index (χ4v) is 3.16. The van der Waals surface area contributed by atoms with Gasteiger partial charge in [0.2, 0.25) is 0 Å². The second-order valence-electron chi connectivity index (χ2n) is 5.40. The molecule has 3 rings (SSSR count). The molecule has 0 saturated carbocycles. The highest BCUT2D eigenvalue weighted by Gasteiger charge is 2.11. The van der Waals surface area contributed by atoms with Gasteiger partial charge in [0.25, 0.3) is 5.91 Å². The first kappa shape index (κ1) is 16.3. The summed E-state index contributed by atoms with van der Waals surface area (Å²) in [5, 5.41) is 4.82. The van der Waals surface area contributed by atoms with Crippen molar-refractivity contribution in [3.63, 3.8) is 0 Å². The molecule has 0 aliphatic rings.